The molecule has 1 fully saturated rings. The summed E-state index contributed by atoms with van der Waals surface area (Å²) in [4.78, 5) is 15.4. The van der Waals surface area contributed by atoms with E-state index in [9.17, 15) is 4.79 Å². The molecule has 3 N–H and O–H groups in total. The summed E-state index contributed by atoms with van der Waals surface area (Å²) < 4.78 is 5.74. The van der Waals surface area contributed by atoms with E-state index >= 15 is 0 Å². The van der Waals surface area contributed by atoms with Crippen molar-refractivity contribution in [2.45, 2.75) is 71.2 Å². The molecule has 0 saturated heterocycles. The van der Waals surface area contributed by atoms with Crippen molar-refractivity contribution in [3.8, 4) is 0 Å². The molecule has 1 aliphatic carbocycles. The van der Waals surface area contributed by atoms with Gasteiger partial charge in [-0.15, -0.1) is 0 Å². The van der Waals surface area contributed by atoms with Crippen molar-refractivity contribution in [3.05, 3.63) is 35.4 Å². The van der Waals surface area contributed by atoms with E-state index in [-0.39, 0.29) is 23.0 Å². The Morgan fingerprint density at radius 1 is 1.33 bits per heavy atom. The minimum atomic E-state index is -0.864. The molecule has 5 heteroatoms. The largest absolute Gasteiger partial charge is 0.378 e. The van der Waals surface area contributed by atoms with Gasteiger partial charge in [-0.1, -0.05) is 38.1 Å². The van der Waals surface area contributed by atoms with E-state index in [1.54, 1.807) is 0 Å². The van der Waals surface area contributed by atoms with Gasteiger partial charge in [-0.2, -0.15) is 0 Å². The van der Waals surface area contributed by atoms with Gasteiger partial charge >= 0.3 is 0 Å². The predicted molar refractivity (Wildman–Crippen MR) is 108 cm³/mol. The number of hydrogen-bond donors (Lipinski definition) is 2. The van der Waals surface area contributed by atoms with E-state index in [2.05, 4.69) is 48.3 Å². The summed E-state index contributed by atoms with van der Waals surface area (Å²) in [5, 5.41) is 3.14. The summed E-state index contributed by atoms with van der Waals surface area (Å²) >= 11 is 0. The number of nitrogens with one attached hydrogen (secondary N) is 1. The van der Waals surface area contributed by atoms with Gasteiger partial charge in [0.05, 0.1) is 6.10 Å². The lowest BCUT2D eigenvalue weighted by atomic mass is 9.54. The Bertz CT molecular complexity index is 701. The molecule has 2 atom stereocenters. The van der Waals surface area contributed by atoms with E-state index in [0.29, 0.717) is 19.6 Å². The SMILES string of the molecule is CCOC1CC(N)(C(=O)NCC(C)(C)N2CCc3ccccc3C2)C1(C)C. The van der Waals surface area contributed by atoms with Crippen LogP contribution in [0.25, 0.3) is 0 Å². The van der Waals surface area contributed by atoms with Crippen LogP contribution in [-0.4, -0.2) is 47.7 Å². The Balaban J connectivity index is 1.60. The molecule has 2 unspecified atom stereocenters. The van der Waals surface area contributed by atoms with Gasteiger partial charge < -0.3 is 15.8 Å². The van der Waals surface area contributed by atoms with Crippen LogP contribution >= 0.6 is 0 Å². The third-order valence-electron chi connectivity index (χ3n) is 6.90. The fourth-order valence-corrected chi connectivity index (χ4v) is 4.40. The van der Waals surface area contributed by atoms with Gasteiger partial charge in [0.15, 0.2) is 0 Å². The Hall–Kier alpha value is -1.43. The molecule has 0 radical (unpaired) electrons. The molecule has 27 heavy (non-hydrogen) atoms. The highest BCUT2D eigenvalue weighted by molar-refractivity contribution is 5.88. The van der Waals surface area contributed by atoms with E-state index < -0.39 is 5.54 Å². The van der Waals surface area contributed by atoms with Crippen molar-refractivity contribution in [2.75, 3.05) is 19.7 Å². The van der Waals surface area contributed by atoms with Gasteiger partial charge in [0.25, 0.3) is 0 Å². The van der Waals surface area contributed by atoms with Gasteiger partial charge in [0.2, 0.25) is 5.91 Å². The predicted octanol–water partition coefficient (Wildman–Crippen LogP) is 2.47. The van der Waals surface area contributed by atoms with Crippen molar-refractivity contribution in [3.63, 3.8) is 0 Å². The molecule has 1 aromatic carbocycles. The second-order valence-corrected chi connectivity index (χ2v) is 9.28. The van der Waals surface area contributed by atoms with Crippen LogP contribution in [0.1, 0.15) is 52.2 Å². The van der Waals surface area contributed by atoms with E-state index in [1.165, 1.54) is 11.1 Å². The molecule has 0 spiro atoms. The molecule has 2 aliphatic rings. The van der Waals surface area contributed by atoms with Gasteiger partial charge in [0, 0.05) is 43.6 Å². The number of benzene rings is 1. The van der Waals surface area contributed by atoms with Gasteiger partial charge in [-0.05, 0) is 38.3 Å². The summed E-state index contributed by atoms with van der Waals surface area (Å²) in [6.45, 7) is 13.6. The molecule has 1 saturated carbocycles. The Labute approximate surface area is 163 Å². The van der Waals surface area contributed by atoms with Crippen molar-refractivity contribution in [1.82, 2.24) is 10.2 Å². The summed E-state index contributed by atoms with van der Waals surface area (Å²) in [6.07, 6.45) is 1.68. The lowest BCUT2D eigenvalue weighted by Gasteiger charge is -2.57. The van der Waals surface area contributed by atoms with Crippen LogP contribution in [0.15, 0.2) is 24.3 Å². The molecule has 1 aliphatic heterocycles. The van der Waals surface area contributed by atoms with Crippen LogP contribution in [-0.2, 0) is 22.5 Å². The maximum absolute atomic E-state index is 12.9. The standard InChI is InChI=1S/C22H35N3O2/c1-6-27-18-13-22(23,21(18,4)5)19(26)24-15-20(2,3)25-12-11-16-9-7-8-10-17(16)14-25/h7-10,18H,6,11-15,23H2,1-5H3,(H,24,26). The second-order valence-electron chi connectivity index (χ2n) is 9.28. The zero-order chi connectivity index (χ0) is 19.9. The minimum Gasteiger partial charge on any atom is -0.378 e. The highest BCUT2D eigenvalue weighted by Crippen LogP contribution is 2.49. The molecule has 150 valence electrons. The Morgan fingerprint density at radius 3 is 2.63 bits per heavy atom. The van der Waals surface area contributed by atoms with Gasteiger partial charge in [-0.3, -0.25) is 9.69 Å². The van der Waals surface area contributed by atoms with Crippen molar-refractivity contribution < 1.29 is 9.53 Å². The molecule has 3 rings (SSSR count). The van der Waals surface area contributed by atoms with Crippen LogP contribution < -0.4 is 11.1 Å². The first kappa shape index (κ1) is 20.3. The number of carbonyl (C=O) groups excluding carboxylic acids is 1. The van der Waals surface area contributed by atoms with Crippen LogP contribution in [0.5, 0.6) is 0 Å². The van der Waals surface area contributed by atoms with Crippen LogP contribution in [0.2, 0.25) is 0 Å². The Kier molecular flexibility index (Phi) is 5.41. The number of carbonyl (C=O) groups is 1. The fraction of sp³-hybridized carbons (Fsp3) is 0.682. The van der Waals surface area contributed by atoms with Crippen molar-refractivity contribution in [2.24, 2.45) is 11.1 Å². The molecular formula is C22H35N3O2. The molecule has 1 aromatic rings. The number of rotatable bonds is 6. The number of nitrogens with two attached hydrogens (primary N) is 1. The zero-order valence-corrected chi connectivity index (χ0v) is 17.5. The molecule has 0 bridgehead atoms. The molecule has 1 heterocycles. The normalized spacial score (nSPS) is 27.6. The van der Waals surface area contributed by atoms with Crippen LogP contribution in [0, 0.1) is 5.41 Å². The number of amides is 1. The van der Waals surface area contributed by atoms with Crippen LogP contribution in [0.4, 0.5) is 0 Å². The average molecular weight is 374 g/mol. The van der Waals surface area contributed by atoms with Gasteiger partial charge in [0.1, 0.15) is 5.54 Å². The summed E-state index contributed by atoms with van der Waals surface area (Å²) in [5.41, 5.74) is 7.98. The number of fused-ring (bicyclic) bond motifs is 1. The molecular weight excluding hydrogens is 338 g/mol. The maximum Gasteiger partial charge on any atom is 0.240 e. The van der Waals surface area contributed by atoms with E-state index in [4.69, 9.17) is 10.5 Å². The monoisotopic (exact) mass is 373 g/mol. The third kappa shape index (κ3) is 3.53. The van der Waals surface area contributed by atoms with Crippen molar-refractivity contribution in [1.29, 1.82) is 0 Å². The molecule has 1 amide bonds. The smallest absolute Gasteiger partial charge is 0.240 e. The van der Waals surface area contributed by atoms with Crippen molar-refractivity contribution >= 4 is 5.91 Å². The topological polar surface area (TPSA) is 67.6 Å². The first-order valence-corrected chi connectivity index (χ1v) is 10.1. The number of nitrogens with zero attached hydrogens (tertiary/aromatic N) is 1. The number of hydrogen-bond acceptors (Lipinski definition) is 4. The summed E-state index contributed by atoms with van der Waals surface area (Å²) in [7, 11) is 0. The maximum atomic E-state index is 12.9. The quantitative estimate of drug-likeness (QED) is 0.804. The molecule has 5 nitrogen and oxygen atoms in total. The van der Waals surface area contributed by atoms with Gasteiger partial charge in [-0.25, -0.2) is 0 Å². The average Bonchev–Trinajstić information content (AvgIpc) is 2.65. The van der Waals surface area contributed by atoms with E-state index in [1.807, 2.05) is 20.8 Å². The zero-order valence-electron chi connectivity index (χ0n) is 17.5. The third-order valence-corrected chi connectivity index (χ3v) is 6.90. The fourth-order valence-electron chi connectivity index (χ4n) is 4.40. The van der Waals surface area contributed by atoms with Crippen LogP contribution in [0.3, 0.4) is 0 Å². The Morgan fingerprint density at radius 2 is 2.00 bits per heavy atom. The summed E-state index contributed by atoms with van der Waals surface area (Å²) in [5.74, 6) is -0.0612. The minimum absolute atomic E-state index is 0.0462. The highest BCUT2D eigenvalue weighted by Gasteiger charge is 2.62. The second kappa shape index (κ2) is 7.19. The lowest BCUT2D eigenvalue weighted by Crippen LogP contribution is -2.76. The van der Waals surface area contributed by atoms with E-state index in [0.717, 1.165) is 19.5 Å². The summed E-state index contributed by atoms with van der Waals surface area (Å²) in [6, 6.07) is 8.63. The highest BCUT2D eigenvalue weighted by atomic mass is 16.5. The first-order valence-electron chi connectivity index (χ1n) is 10.1. The first-order chi connectivity index (χ1) is 12.6. The number of ether oxygens (including phenoxy) is 1. The molecule has 0 aromatic heterocycles. The lowest BCUT2D eigenvalue weighted by molar-refractivity contribution is -0.171.